The summed E-state index contributed by atoms with van der Waals surface area (Å²) in [7, 11) is 0. The van der Waals surface area contributed by atoms with Gasteiger partial charge in [-0.1, -0.05) is 0 Å². The number of amides is 1. The number of carbonyl (C=O) groups excluding carboxylic acids is 1. The average molecular weight is 269 g/mol. The fourth-order valence-electron chi connectivity index (χ4n) is 0.944. The number of nitriles is 1. The molecule has 0 saturated heterocycles. The summed E-state index contributed by atoms with van der Waals surface area (Å²) in [6.07, 6.45) is -0.462. The van der Waals surface area contributed by atoms with E-state index in [2.05, 4.69) is 10.3 Å². The molecule has 0 aliphatic carbocycles. The van der Waals surface area contributed by atoms with E-state index in [0.717, 1.165) is 4.46 Å². The van der Waals surface area contributed by atoms with Gasteiger partial charge in [-0.05, 0) is 0 Å². The molecule has 1 aromatic carbocycles. The second-order valence-corrected chi connectivity index (χ2v) is 4.36. The first kappa shape index (κ1) is 11.6. The molecule has 0 spiro atoms. The Kier molecular flexibility index (Phi) is 4.68. The zero-order valence-electron chi connectivity index (χ0n) is 8.19. The number of benzene rings is 1. The fourth-order valence-corrected chi connectivity index (χ4v) is 1.74. The summed E-state index contributed by atoms with van der Waals surface area (Å²) in [5.74, 6) is 0. The van der Waals surface area contributed by atoms with E-state index in [-0.39, 0.29) is 15.0 Å². The second kappa shape index (κ2) is 6.07. The molecule has 5 heteroatoms. The van der Waals surface area contributed by atoms with Crippen LogP contribution in [-0.2, 0) is 4.74 Å². The van der Waals surface area contributed by atoms with Crippen molar-refractivity contribution < 1.29 is 9.53 Å². The van der Waals surface area contributed by atoms with Crippen LogP contribution in [-0.4, -0.2) is 27.7 Å². The van der Waals surface area contributed by atoms with E-state index in [0.29, 0.717) is 12.3 Å². The van der Waals surface area contributed by atoms with E-state index in [1.807, 2.05) is 12.1 Å². The SMILES string of the molecule is CCOC(=O)Nc1ccc([Se]C#N)cc1. The minimum atomic E-state index is -0.462. The summed E-state index contributed by atoms with van der Waals surface area (Å²) in [6.45, 7) is 2.10. The molecule has 0 aliphatic heterocycles. The van der Waals surface area contributed by atoms with Gasteiger partial charge in [-0.2, -0.15) is 0 Å². The third-order valence-corrected chi connectivity index (χ3v) is 2.80. The van der Waals surface area contributed by atoms with Gasteiger partial charge < -0.3 is 0 Å². The van der Waals surface area contributed by atoms with E-state index < -0.39 is 6.09 Å². The van der Waals surface area contributed by atoms with Gasteiger partial charge in [0, 0.05) is 0 Å². The molecule has 1 aromatic rings. The van der Waals surface area contributed by atoms with Crippen LogP contribution in [0.3, 0.4) is 0 Å². The Balaban J connectivity index is 2.57. The zero-order chi connectivity index (χ0) is 11.1. The van der Waals surface area contributed by atoms with Crippen LogP contribution in [0.1, 0.15) is 6.92 Å². The number of carbonyl (C=O) groups is 1. The molecular weight excluding hydrogens is 259 g/mol. The molecule has 0 radical (unpaired) electrons. The number of nitrogens with zero attached hydrogens (tertiary/aromatic N) is 1. The molecule has 0 bridgehead atoms. The van der Waals surface area contributed by atoms with Gasteiger partial charge >= 0.3 is 94.1 Å². The van der Waals surface area contributed by atoms with Crippen LogP contribution in [0.5, 0.6) is 0 Å². The van der Waals surface area contributed by atoms with Crippen molar-refractivity contribution in [1.29, 1.82) is 5.26 Å². The molecule has 15 heavy (non-hydrogen) atoms. The Bertz CT molecular complexity index is 370. The van der Waals surface area contributed by atoms with E-state index in [1.165, 1.54) is 0 Å². The van der Waals surface area contributed by atoms with Crippen molar-refractivity contribution in [2.75, 3.05) is 11.9 Å². The van der Waals surface area contributed by atoms with Gasteiger partial charge in [0.2, 0.25) is 0 Å². The molecule has 0 saturated carbocycles. The Labute approximate surface area is 94.4 Å². The van der Waals surface area contributed by atoms with Crippen LogP contribution >= 0.6 is 0 Å². The predicted molar refractivity (Wildman–Crippen MR) is 58.1 cm³/mol. The van der Waals surface area contributed by atoms with Crippen LogP contribution in [0.15, 0.2) is 24.3 Å². The minimum absolute atomic E-state index is 0.150. The van der Waals surface area contributed by atoms with Crippen molar-refractivity contribution in [2.24, 2.45) is 0 Å². The summed E-state index contributed by atoms with van der Waals surface area (Å²) >= 11 is -0.150. The standard InChI is InChI=1S/C10H10N2O2Se/c1-2-14-10(13)12-8-3-5-9(6-4-8)15-7-11/h3-6H,2H2,1H3,(H,12,13). The molecule has 1 rings (SSSR count). The third-order valence-electron chi connectivity index (χ3n) is 1.54. The van der Waals surface area contributed by atoms with Crippen LogP contribution in [0.25, 0.3) is 0 Å². The number of ether oxygens (including phenoxy) is 1. The third kappa shape index (κ3) is 4.03. The van der Waals surface area contributed by atoms with Gasteiger partial charge in [-0.25, -0.2) is 0 Å². The number of rotatable bonds is 3. The van der Waals surface area contributed by atoms with E-state index >= 15 is 0 Å². The topological polar surface area (TPSA) is 62.1 Å². The van der Waals surface area contributed by atoms with Crippen molar-refractivity contribution >= 4 is 31.2 Å². The van der Waals surface area contributed by atoms with Gasteiger partial charge in [-0.15, -0.1) is 0 Å². The summed E-state index contributed by atoms with van der Waals surface area (Å²) in [4.78, 5) is 13.2. The molecule has 1 N–H and O–H groups in total. The number of anilines is 1. The second-order valence-electron chi connectivity index (χ2n) is 2.56. The maximum atomic E-state index is 11.0. The molecule has 0 aromatic heterocycles. The number of hydrogen-bond donors (Lipinski definition) is 1. The van der Waals surface area contributed by atoms with E-state index in [4.69, 9.17) is 10.00 Å². The summed E-state index contributed by atoms with van der Waals surface area (Å²) in [5.41, 5.74) is 0.672. The van der Waals surface area contributed by atoms with Gasteiger partial charge in [0.15, 0.2) is 0 Å². The summed E-state index contributed by atoms with van der Waals surface area (Å²) in [5, 5.41) is 11.1. The Hall–Kier alpha value is -1.50. The monoisotopic (exact) mass is 270 g/mol. The normalized spacial score (nSPS) is 9.07. The molecule has 0 aliphatic rings. The van der Waals surface area contributed by atoms with E-state index in [1.54, 1.807) is 19.1 Å². The number of nitrogens with one attached hydrogen (secondary N) is 1. The maximum absolute atomic E-state index is 11.0. The van der Waals surface area contributed by atoms with Crippen molar-refractivity contribution in [3.8, 4) is 4.97 Å². The number of hydrogen-bond acceptors (Lipinski definition) is 3. The van der Waals surface area contributed by atoms with Crippen LogP contribution < -0.4 is 9.78 Å². The molecule has 0 fully saturated rings. The first-order valence-corrected chi connectivity index (χ1v) is 6.07. The summed E-state index contributed by atoms with van der Waals surface area (Å²) < 4.78 is 5.71. The van der Waals surface area contributed by atoms with Gasteiger partial charge in [0.1, 0.15) is 0 Å². The average Bonchev–Trinajstić information content (AvgIpc) is 2.22. The summed E-state index contributed by atoms with van der Waals surface area (Å²) in [6, 6.07) is 7.16. The van der Waals surface area contributed by atoms with Gasteiger partial charge in [0.25, 0.3) is 0 Å². The van der Waals surface area contributed by atoms with Crippen molar-refractivity contribution in [3.05, 3.63) is 24.3 Å². The van der Waals surface area contributed by atoms with Gasteiger partial charge in [0.05, 0.1) is 0 Å². The zero-order valence-corrected chi connectivity index (χ0v) is 9.90. The molecular formula is C10H10N2O2Se. The predicted octanol–water partition coefficient (Wildman–Crippen LogP) is 1.07. The first-order valence-electron chi connectivity index (χ1n) is 4.36. The van der Waals surface area contributed by atoms with Gasteiger partial charge in [-0.3, -0.25) is 0 Å². The van der Waals surface area contributed by atoms with Crippen molar-refractivity contribution in [3.63, 3.8) is 0 Å². The molecule has 1 amide bonds. The Morgan fingerprint density at radius 2 is 2.20 bits per heavy atom. The Morgan fingerprint density at radius 3 is 2.73 bits per heavy atom. The molecule has 0 unspecified atom stereocenters. The Morgan fingerprint density at radius 1 is 1.53 bits per heavy atom. The van der Waals surface area contributed by atoms with E-state index in [9.17, 15) is 4.79 Å². The fraction of sp³-hybridized carbons (Fsp3) is 0.200. The molecule has 0 atom stereocenters. The van der Waals surface area contributed by atoms with Crippen LogP contribution in [0, 0.1) is 10.2 Å². The first-order chi connectivity index (χ1) is 7.26. The quantitative estimate of drug-likeness (QED) is 0.835. The van der Waals surface area contributed by atoms with Crippen molar-refractivity contribution in [2.45, 2.75) is 6.92 Å². The van der Waals surface area contributed by atoms with Crippen LogP contribution in [0.2, 0.25) is 0 Å². The molecule has 78 valence electrons. The molecule has 0 heterocycles. The van der Waals surface area contributed by atoms with Crippen molar-refractivity contribution in [1.82, 2.24) is 0 Å². The molecule has 4 nitrogen and oxygen atoms in total. The van der Waals surface area contributed by atoms with Crippen LogP contribution in [0.4, 0.5) is 10.5 Å².